The Hall–Kier alpha value is -1.91. The predicted molar refractivity (Wildman–Crippen MR) is 97.4 cm³/mol. The first kappa shape index (κ1) is 16.6. The molecule has 1 aromatic heterocycles. The van der Waals surface area contributed by atoms with Crippen molar-refractivity contribution >= 4 is 0 Å². The molecular formula is C21H26N2O2. The largest absolute Gasteiger partial charge is 0.489 e. The number of ether oxygens (including phenoxy) is 2. The molecular weight excluding hydrogens is 312 g/mol. The molecule has 0 bridgehead atoms. The summed E-state index contributed by atoms with van der Waals surface area (Å²) in [5, 5.41) is 0. The van der Waals surface area contributed by atoms with Gasteiger partial charge in [-0.2, -0.15) is 0 Å². The maximum Gasteiger partial charge on any atom is 0.124 e. The molecule has 0 unspecified atom stereocenters. The zero-order valence-corrected chi connectivity index (χ0v) is 14.6. The first-order valence-corrected chi connectivity index (χ1v) is 9.32. The van der Waals surface area contributed by atoms with Crippen molar-refractivity contribution in [3.63, 3.8) is 0 Å². The summed E-state index contributed by atoms with van der Waals surface area (Å²) >= 11 is 0. The van der Waals surface area contributed by atoms with Gasteiger partial charge in [0.25, 0.3) is 0 Å². The molecule has 0 amide bonds. The van der Waals surface area contributed by atoms with E-state index < -0.39 is 0 Å². The molecule has 2 aliphatic rings. The zero-order chi connectivity index (χ0) is 16.9. The summed E-state index contributed by atoms with van der Waals surface area (Å²) in [6.45, 7) is 4.71. The normalized spacial score (nSPS) is 23.8. The Kier molecular flexibility index (Phi) is 5.28. The number of nitrogens with zero attached hydrogens (tertiary/aromatic N) is 2. The van der Waals surface area contributed by atoms with E-state index in [1.54, 1.807) is 6.20 Å². The minimum absolute atomic E-state index is 0.488. The molecule has 1 aromatic carbocycles. The van der Waals surface area contributed by atoms with Gasteiger partial charge in [-0.05, 0) is 37.3 Å². The summed E-state index contributed by atoms with van der Waals surface area (Å²) < 4.78 is 12.0. The van der Waals surface area contributed by atoms with Crippen molar-refractivity contribution in [2.45, 2.75) is 38.5 Å². The predicted octanol–water partition coefficient (Wildman–Crippen LogP) is 3.66. The molecule has 0 N–H and O–H groups in total. The molecule has 3 heterocycles. The average molecular weight is 338 g/mol. The van der Waals surface area contributed by atoms with E-state index in [1.807, 2.05) is 24.4 Å². The Labute approximate surface area is 149 Å². The fourth-order valence-corrected chi connectivity index (χ4v) is 3.97. The van der Waals surface area contributed by atoms with Crippen molar-refractivity contribution in [2.24, 2.45) is 5.92 Å². The highest BCUT2D eigenvalue weighted by Gasteiger charge is 2.32. The second-order valence-corrected chi connectivity index (χ2v) is 7.09. The number of likely N-dealkylation sites (tertiary alicyclic amines) is 1. The van der Waals surface area contributed by atoms with Crippen LogP contribution in [0.3, 0.4) is 0 Å². The molecule has 0 radical (unpaired) electrons. The van der Waals surface area contributed by atoms with Gasteiger partial charge >= 0.3 is 0 Å². The number of aromatic nitrogens is 1. The van der Waals surface area contributed by atoms with Crippen LogP contribution in [0, 0.1) is 5.92 Å². The number of para-hydroxylation sites is 1. The Morgan fingerprint density at radius 2 is 2.12 bits per heavy atom. The summed E-state index contributed by atoms with van der Waals surface area (Å²) in [7, 11) is 0. The monoisotopic (exact) mass is 338 g/mol. The third-order valence-electron chi connectivity index (χ3n) is 5.28. The van der Waals surface area contributed by atoms with E-state index in [4.69, 9.17) is 9.47 Å². The molecule has 2 aromatic rings. The number of fused-ring (bicyclic) bond motifs is 1. The third-order valence-corrected chi connectivity index (χ3v) is 5.28. The molecule has 0 aliphatic carbocycles. The van der Waals surface area contributed by atoms with Gasteiger partial charge in [0.2, 0.25) is 0 Å². The van der Waals surface area contributed by atoms with Gasteiger partial charge < -0.3 is 9.47 Å². The third kappa shape index (κ3) is 4.20. The van der Waals surface area contributed by atoms with Crippen molar-refractivity contribution in [3.8, 4) is 5.75 Å². The van der Waals surface area contributed by atoms with Crippen LogP contribution in [-0.4, -0.2) is 35.7 Å². The van der Waals surface area contributed by atoms with Crippen LogP contribution in [0.25, 0.3) is 0 Å². The minimum atomic E-state index is 0.488. The summed E-state index contributed by atoms with van der Waals surface area (Å²) in [5.74, 6) is 1.68. The van der Waals surface area contributed by atoms with E-state index in [9.17, 15) is 0 Å². The first-order valence-electron chi connectivity index (χ1n) is 9.32. The van der Waals surface area contributed by atoms with E-state index in [-0.39, 0.29) is 0 Å². The van der Waals surface area contributed by atoms with E-state index in [1.165, 1.54) is 18.4 Å². The summed E-state index contributed by atoms with van der Waals surface area (Å²) in [6, 6.07) is 12.4. The molecule has 4 rings (SSSR count). The standard InChI is InChI=1S/C21H26N2O2/c1-2-8-20(25-16-17-5-3-10-22-13-17)18(6-1)14-23-11-9-21-19(15-23)7-4-12-24-21/h1-3,5-6,8,10,13,19,21H,4,7,9,11-12,14-16H2/t19-,21-/m1/s1. The topological polar surface area (TPSA) is 34.6 Å². The molecule has 25 heavy (non-hydrogen) atoms. The molecule has 132 valence electrons. The average Bonchev–Trinajstić information content (AvgIpc) is 2.68. The Morgan fingerprint density at radius 3 is 3.04 bits per heavy atom. The SMILES string of the molecule is c1cncc(COc2ccccc2CN2CC[C@H]3OCCC[C@@H]3C2)c1. The molecule has 4 heteroatoms. The van der Waals surface area contributed by atoms with Gasteiger partial charge in [0.1, 0.15) is 12.4 Å². The number of hydrogen-bond acceptors (Lipinski definition) is 4. The van der Waals surface area contributed by atoms with Crippen molar-refractivity contribution in [1.29, 1.82) is 0 Å². The summed E-state index contributed by atoms with van der Waals surface area (Å²) in [5.41, 5.74) is 2.36. The van der Waals surface area contributed by atoms with Gasteiger partial charge in [0, 0.05) is 49.8 Å². The number of piperidine rings is 1. The van der Waals surface area contributed by atoms with E-state index >= 15 is 0 Å². The highest BCUT2D eigenvalue weighted by molar-refractivity contribution is 5.33. The van der Waals surface area contributed by atoms with Crippen LogP contribution < -0.4 is 4.74 Å². The van der Waals surface area contributed by atoms with Crippen LogP contribution in [0.1, 0.15) is 30.4 Å². The van der Waals surface area contributed by atoms with Gasteiger partial charge in [-0.3, -0.25) is 9.88 Å². The molecule has 0 saturated carbocycles. The summed E-state index contributed by atoms with van der Waals surface area (Å²) in [4.78, 5) is 6.71. The fourth-order valence-electron chi connectivity index (χ4n) is 3.97. The summed E-state index contributed by atoms with van der Waals surface area (Å²) in [6.07, 6.45) is 7.80. The quantitative estimate of drug-likeness (QED) is 0.833. The van der Waals surface area contributed by atoms with Crippen molar-refractivity contribution in [1.82, 2.24) is 9.88 Å². The fraction of sp³-hybridized carbons (Fsp3) is 0.476. The van der Waals surface area contributed by atoms with Crippen LogP contribution in [0.15, 0.2) is 48.8 Å². The van der Waals surface area contributed by atoms with Gasteiger partial charge in [-0.25, -0.2) is 0 Å². The smallest absolute Gasteiger partial charge is 0.124 e. The molecule has 2 atom stereocenters. The lowest BCUT2D eigenvalue weighted by molar-refractivity contribution is -0.0676. The van der Waals surface area contributed by atoms with E-state index in [0.29, 0.717) is 18.6 Å². The maximum atomic E-state index is 6.08. The minimum Gasteiger partial charge on any atom is -0.489 e. The highest BCUT2D eigenvalue weighted by Crippen LogP contribution is 2.30. The highest BCUT2D eigenvalue weighted by atomic mass is 16.5. The molecule has 0 spiro atoms. The van der Waals surface area contributed by atoms with Gasteiger partial charge in [0.05, 0.1) is 6.10 Å². The lowest BCUT2D eigenvalue weighted by atomic mass is 9.88. The Balaban J connectivity index is 1.39. The Morgan fingerprint density at radius 1 is 1.16 bits per heavy atom. The van der Waals surface area contributed by atoms with Crippen molar-refractivity contribution in [3.05, 3.63) is 59.9 Å². The second-order valence-electron chi connectivity index (χ2n) is 7.09. The number of benzene rings is 1. The van der Waals surface area contributed by atoms with E-state index in [2.05, 4.69) is 28.1 Å². The van der Waals surface area contributed by atoms with Gasteiger partial charge in [-0.1, -0.05) is 24.3 Å². The molecule has 2 aliphatic heterocycles. The van der Waals surface area contributed by atoms with Crippen LogP contribution in [0.5, 0.6) is 5.75 Å². The number of pyridine rings is 1. The Bertz CT molecular complexity index is 677. The van der Waals surface area contributed by atoms with Crippen molar-refractivity contribution in [2.75, 3.05) is 19.7 Å². The molecule has 2 fully saturated rings. The first-order chi connectivity index (χ1) is 12.4. The number of rotatable bonds is 5. The molecule has 2 saturated heterocycles. The maximum absolute atomic E-state index is 6.08. The van der Waals surface area contributed by atoms with Crippen LogP contribution in [-0.2, 0) is 17.9 Å². The lowest BCUT2D eigenvalue weighted by Crippen LogP contribution is -2.45. The van der Waals surface area contributed by atoms with Crippen LogP contribution in [0.2, 0.25) is 0 Å². The zero-order valence-electron chi connectivity index (χ0n) is 14.6. The van der Waals surface area contributed by atoms with Crippen LogP contribution >= 0.6 is 0 Å². The second kappa shape index (κ2) is 7.98. The van der Waals surface area contributed by atoms with Crippen molar-refractivity contribution < 1.29 is 9.47 Å². The molecule has 4 nitrogen and oxygen atoms in total. The van der Waals surface area contributed by atoms with E-state index in [0.717, 1.165) is 44.0 Å². The van der Waals surface area contributed by atoms with Gasteiger partial charge in [0.15, 0.2) is 0 Å². The van der Waals surface area contributed by atoms with Crippen LogP contribution in [0.4, 0.5) is 0 Å². The van der Waals surface area contributed by atoms with Gasteiger partial charge in [-0.15, -0.1) is 0 Å². The lowest BCUT2D eigenvalue weighted by Gasteiger charge is -2.41. The number of hydrogen-bond donors (Lipinski definition) is 0.